The van der Waals surface area contributed by atoms with E-state index >= 15 is 0 Å². The molecule has 1 N–H and O–H groups in total. The van der Waals surface area contributed by atoms with E-state index in [0.717, 1.165) is 5.56 Å². The molecule has 5 rings (SSSR count). The molecule has 0 spiro atoms. The van der Waals surface area contributed by atoms with Crippen molar-refractivity contribution in [2.75, 3.05) is 16.2 Å². The molecule has 0 fully saturated rings. The maximum Gasteiger partial charge on any atom is 0.265 e. The average Bonchev–Trinajstić information content (AvgIpc) is 3.26. The number of carbonyl (C=O) groups excluding carboxylic acids is 2. The van der Waals surface area contributed by atoms with Crippen molar-refractivity contribution in [3.05, 3.63) is 93.7 Å². The first kappa shape index (κ1) is 20.6. The number of hydrogen-bond acceptors (Lipinski definition) is 6. The number of anilines is 2. The van der Waals surface area contributed by atoms with Crippen LogP contribution in [0.25, 0.3) is 0 Å². The molecule has 2 aliphatic rings. The molecule has 3 aromatic rings. The van der Waals surface area contributed by atoms with E-state index in [1.54, 1.807) is 48.7 Å². The Kier molecular flexibility index (Phi) is 4.94. The molecule has 0 saturated heterocycles. The summed E-state index contributed by atoms with van der Waals surface area (Å²) in [5.74, 6) is -0.153. The van der Waals surface area contributed by atoms with Gasteiger partial charge in [-0.15, -0.1) is 0 Å². The number of hydrogen-bond donors (Lipinski definition) is 1. The van der Waals surface area contributed by atoms with Crippen LogP contribution in [0.15, 0.2) is 81.9 Å². The highest BCUT2D eigenvalue weighted by atomic mass is 79.9. The summed E-state index contributed by atoms with van der Waals surface area (Å²) in [4.78, 5) is 29.8. The maximum absolute atomic E-state index is 13.1. The quantitative estimate of drug-likeness (QED) is 0.572. The van der Waals surface area contributed by atoms with E-state index in [1.807, 2.05) is 6.07 Å². The molecule has 0 atom stereocenters. The zero-order chi connectivity index (χ0) is 22.5. The lowest BCUT2D eigenvalue weighted by atomic mass is 9.92. The Morgan fingerprint density at radius 3 is 2.31 bits per heavy atom. The molecular weight excluding hydrogens is 494 g/mol. The van der Waals surface area contributed by atoms with E-state index in [1.165, 1.54) is 16.4 Å². The standard InChI is InChI=1S/C23H16BrN3O4S/c24-19-20(22(29)18-6-2-1-5-17(18)21(19)28)26-15-7-9-16(10-8-15)32(30,31)27-13-11-14-4-3-12-25-23(14)27/h1-10,12,26H,11,13H2. The number of rotatable bonds is 4. The summed E-state index contributed by atoms with van der Waals surface area (Å²) in [7, 11) is -3.77. The molecule has 0 radical (unpaired) electrons. The SMILES string of the molecule is O=C1C(Br)=C(Nc2ccc(S(=O)(=O)N3CCc4cccnc43)cc2)C(=O)c2ccccc21. The topological polar surface area (TPSA) is 96.4 Å². The fourth-order valence-electron chi connectivity index (χ4n) is 3.85. The van der Waals surface area contributed by atoms with Crippen molar-refractivity contribution < 1.29 is 18.0 Å². The summed E-state index contributed by atoms with van der Waals surface area (Å²) in [6, 6.07) is 16.3. The lowest BCUT2D eigenvalue weighted by Gasteiger charge is -2.20. The van der Waals surface area contributed by atoms with Gasteiger partial charge < -0.3 is 5.32 Å². The van der Waals surface area contributed by atoms with Crippen LogP contribution in [-0.2, 0) is 16.4 Å². The van der Waals surface area contributed by atoms with Crippen molar-refractivity contribution in [3.63, 3.8) is 0 Å². The summed E-state index contributed by atoms with van der Waals surface area (Å²) < 4.78 is 27.7. The molecule has 9 heteroatoms. The fraction of sp³-hybridized carbons (Fsp3) is 0.0870. The third-order valence-electron chi connectivity index (χ3n) is 5.46. The van der Waals surface area contributed by atoms with Crippen LogP contribution in [-0.4, -0.2) is 31.5 Å². The summed E-state index contributed by atoms with van der Waals surface area (Å²) in [6.07, 6.45) is 2.19. The number of Topliss-reactive ketones (excluding diaryl/α,β-unsaturated/α-hetero) is 2. The smallest absolute Gasteiger partial charge is 0.265 e. The minimum absolute atomic E-state index is 0.113. The van der Waals surface area contributed by atoms with Crippen LogP contribution in [0.1, 0.15) is 26.3 Å². The highest BCUT2D eigenvalue weighted by Gasteiger charge is 2.33. The second-order valence-corrected chi connectivity index (χ2v) is 10.0. The molecule has 0 saturated carbocycles. The summed E-state index contributed by atoms with van der Waals surface area (Å²) in [6.45, 7) is 0.338. The molecule has 0 amide bonds. The number of nitrogens with zero attached hydrogens (tertiary/aromatic N) is 2. The second-order valence-electron chi connectivity index (χ2n) is 7.36. The van der Waals surface area contributed by atoms with Crippen LogP contribution in [0.4, 0.5) is 11.5 Å². The highest BCUT2D eigenvalue weighted by molar-refractivity contribution is 9.12. The minimum atomic E-state index is -3.77. The van der Waals surface area contributed by atoms with Gasteiger partial charge in [0.25, 0.3) is 10.0 Å². The number of nitrogens with one attached hydrogen (secondary N) is 1. The third-order valence-corrected chi connectivity index (χ3v) is 8.02. The van der Waals surface area contributed by atoms with Crippen LogP contribution in [0, 0.1) is 0 Å². The number of pyridine rings is 1. The first-order chi connectivity index (χ1) is 15.4. The molecule has 2 aromatic carbocycles. The van der Waals surface area contributed by atoms with Crippen LogP contribution >= 0.6 is 15.9 Å². The number of halogens is 1. The molecule has 1 aliphatic heterocycles. The van der Waals surface area contributed by atoms with E-state index in [2.05, 4.69) is 26.2 Å². The van der Waals surface area contributed by atoms with Crippen LogP contribution < -0.4 is 9.62 Å². The van der Waals surface area contributed by atoms with Gasteiger partial charge in [0.05, 0.1) is 9.38 Å². The predicted molar refractivity (Wildman–Crippen MR) is 124 cm³/mol. The van der Waals surface area contributed by atoms with Crippen LogP contribution in [0.2, 0.25) is 0 Å². The predicted octanol–water partition coefficient (Wildman–Crippen LogP) is 3.93. The number of carbonyl (C=O) groups is 2. The normalized spacial score (nSPS) is 15.6. The van der Waals surface area contributed by atoms with E-state index in [0.29, 0.717) is 35.6 Å². The number of aromatic nitrogens is 1. The van der Waals surface area contributed by atoms with Gasteiger partial charge in [0.1, 0.15) is 11.5 Å². The summed E-state index contributed by atoms with van der Waals surface area (Å²) >= 11 is 3.23. The fourth-order valence-corrected chi connectivity index (χ4v) is 5.80. The van der Waals surface area contributed by atoms with Gasteiger partial charge in [0.15, 0.2) is 0 Å². The van der Waals surface area contributed by atoms with E-state index in [-0.39, 0.29) is 26.6 Å². The van der Waals surface area contributed by atoms with Gasteiger partial charge in [-0.05, 0) is 58.2 Å². The first-order valence-corrected chi connectivity index (χ1v) is 12.0. The van der Waals surface area contributed by atoms with Crippen molar-refractivity contribution in [2.45, 2.75) is 11.3 Å². The highest BCUT2D eigenvalue weighted by Crippen LogP contribution is 2.33. The molecule has 0 unspecified atom stereocenters. The van der Waals surface area contributed by atoms with Gasteiger partial charge in [0.2, 0.25) is 11.6 Å². The Morgan fingerprint density at radius 2 is 1.59 bits per heavy atom. The number of allylic oxidation sites excluding steroid dienone is 2. The average molecular weight is 510 g/mol. The summed E-state index contributed by atoms with van der Waals surface area (Å²) in [5.41, 5.74) is 2.16. The monoisotopic (exact) mass is 509 g/mol. The Hall–Kier alpha value is -3.30. The lowest BCUT2D eigenvalue weighted by molar-refractivity contribution is 0.0983. The Morgan fingerprint density at radius 1 is 0.906 bits per heavy atom. The van der Waals surface area contributed by atoms with Crippen molar-refractivity contribution in [1.29, 1.82) is 0 Å². The summed E-state index contributed by atoms with van der Waals surface area (Å²) in [5, 5.41) is 2.96. The van der Waals surface area contributed by atoms with E-state index in [4.69, 9.17) is 0 Å². The first-order valence-electron chi connectivity index (χ1n) is 9.80. The molecular formula is C23H16BrN3O4S. The van der Waals surface area contributed by atoms with Gasteiger partial charge in [-0.25, -0.2) is 17.7 Å². The van der Waals surface area contributed by atoms with Gasteiger partial charge >= 0.3 is 0 Å². The Balaban J connectivity index is 1.42. The van der Waals surface area contributed by atoms with Gasteiger partial charge in [0, 0.05) is 29.6 Å². The van der Waals surface area contributed by atoms with Crippen LogP contribution in [0.5, 0.6) is 0 Å². The number of ketones is 2. The molecule has 160 valence electrons. The third kappa shape index (κ3) is 3.25. The zero-order valence-electron chi connectivity index (χ0n) is 16.6. The second kappa shape index (κ2) is 7.68. The molecule has 1 aliphatic carbocycles. The van der Waals surface area contributed by atoms with Gasteiger partial charge in [-0.1, -0.05) is 30.3 Å². The van der Waals surface area contributed by atoms with Crippen molar-refractivity contribution >= 4 is 49.0 Å². The zero-order valence-corrected chi connectivity index (χ0v) is 19.0. The van der Waals surface area contributed by atoms with Crippen molar-refractivity contribution in [1.82, 2.24) is 4.98 Å². The van der Waals surface area contributed by atoms with Gasteiger partial charge in [-0.3, -0.25) is 9.59 Å². The molecule has 0 bridgehead atoms. The Labute approximate surface area is 193 Å². The van der Waals surface area contributed by atoms with Crippen molar-refractivity contribution in [2.24, 2.45) is 0 Å². The maximum atomic E-state index is 13.1. The number of sulfonamides is 1. The lowest BCUT2D eigenvalue weighted by Crippen LogP contribution is -2.29. The molecule has 32 heavy (non-hydrogen) atoms. The van der Waals surface area contributed by atoms with Gasteiger partial charge in [-0.2, -0.15) is 0 Å². The number of fused-ring (bicyclic) bond motifs is 2. The van der Waals surface area contributed by atoms with Crippen LogP contribution in [0.3, 0.4) is 0 Å². The molecule has 2 heterocycles. The van der Waals surface area contributed by atoms with Crippen molar-refractivity contribution in [3.8, 4) is 0 Å². The minimum Gasteiger partial charge on any atom is -0.351 e. The largest absolute Gasteiger partial charge is 0.351 e. The number of benzene rings is 2. The van der Waals surface area contributed by atoms with E-state index in [9.17, 15) is 18.0 Å². The molecule has 7 nitrogen and oxygen atoms in total. The Bertz CT molecular complexity index is 1420. The van der Waals surface area contributed by atoms with E-state index < -0.39 is 10.0 Å². The molecule has 1 aromatic heterocycles.